The standard InChI is InChI=1S/C19H20BrNO3/c20-17-9-5-4-8-15(17)10-11-18(22)21-13-16(19(23)24)12-14-6-2-1-3-7-14/h1-9,16H,10-13H2,(H,21,22)(H,23,24). The van der Waals surface area contributed by atoms with Gasteiger partial charge >= 0.3 is 5.97 Å². The van der Waals surface area contributed by atoms with Crippen LogP contribution in [0.5, 0.6) is 0 Å². The molecule has 0 heterocycles. The minimum atomic E-state index is -0.898. The summed E-state index contributed by atoms with van der Waals surface area (Å²) in [6, 6.07) is 17.2. The van der Waals surface area contributed by atoms with Crippen LogP contribution in [-0.2, 0) is 22.4 Å². The smallest absolute Gasteiger partial charge is 0.308 e. The molecule has 0 aliphatic carbocycles. The van der Waals surface area contributed by atoms with Crippen LogP contribution in [0.15, 0.2) is 59.1 Å². The fourth-order valence-electron chi connectivity index (χ4n) is 2.42. The van der Waals surface area contributed by atoms with Crippen molar-refractivity contribution in [1.29, 1.82) is 0 Å². The Morgan fingerprint density at radius 3 is 2.38 bits per heavy atom. The Hall–Kier alpha value is -2.14. The molecule has 0 aliphatic heterocycles. The quantitative estimate of drug-likeness (QED) is 0.726. The average molecular weight is 390 g/mol. The maximum absolute atomic E-state index is 12.0. The number of hydrogen-bond donors (Lipinski definition) is 2. The Morgan fingerprint density at radius 1 is 1.04 bits per heavy atom. The first kappa shape index (κ1) is 18.2. The fourth-order valence-corrected chi connectivity index (χ4v) is 2.90. The van der Waals surface area contributed by atoms with E-state index in [2.05, 4.69) is 21.2 Å². The minimum Gasteiger partial charge on any atom is -0.481 e. The summed E-state index contributed by atoms with van der Waals surface area (Å²) >= 11 is 3.46. The van der Waals surface area contributed by atoms with Crippen molar-refractivity contribution < 1.29 is 14.7 Å². The fraction of sp³-hybridized carbons (Fsp3) is 0.263. The number of rotatable bonds is 8. The highest BCUT2D eigenvalue weighted by molar-refractivity contribution is 9.10. The Kier molecular flexibility index (Phi) is 7.00. The Balaban J connectivity index is 1.82. The van der Waals surface area contributed by atoms with Gasteiger partial charge in [-0.3, -0.25) is 9.59 Å². The summed E-state index contributed by atoms with van der Waals surface area (Å²) in [6.45, 7) is 0.138. The van der Waals surface area contributed by atoms with Gasteiger partial charge in [0.15, 0.2) is 0 Å². The third kappa shape index (κ3) is 5.81. The number of aryl methyl sites for hydroxylation is 1. The summed E-state index contributed by atoms with van der Waals surface area (Å²) in [6.07, 6.45) is 1.35. The largest absolute Gasteiger partial charge is 0.481 e. The van der Waals surface area contributed by atoms with Crippen LogP contribution in [0.3, 0.4) is 0 Å². The lowest BCUT2D eigenvalue weighted by Crippen LogP contribution is -2.34. The number of halogens is 1. The van der Waals surface area contributed by atoms with Crippen LogP contribution in [0, 0.1) is 5.92 Å². The number of amides is 1. The second-order valence-electron chi connectivity index (χ2n) is 5.62. The first-order valence-corrected chi connectivity index (χ1v) is 8.62. The van der Waals surface area contributed by atoms with Gasteiger partial charge in [-0.1, -0.05) is 64.5 Å². The van der Waals surface area contributed by atoms with Gasteiger partial charge in [0.1, 0.15) is 0 Å². The summed E-state index contributed by atoms with van der Waals surface area (Å²) in [5.74, 6) is -1.66. The molecule has 2 aromatic carbocycles. The lowest BCUT2D eigenvalue weighted by molar-refractivity contribution is -0.141. The number of carbonyl (C=O) groups is 2. The van der Waals surface area contributed by atoms with Gasteiger partial charge in [0.25, 0.3) is 0 Å². The molecule has 0 saturated heterocycles. The molecule has 5 heteroatoms. The first-order valence-electron chi connectivity index (χ1n) is 7.83. The Labute approximate surface area is 150 Å². The highest BCUT2D eigenvalue weighted by Gasteiger charge is 2.19. The molecule has 2 aromatic rings. The van der Waals surface area contributed by atoms with Crippen molar-refractivity contribution in [2.45, 2.75) is 19.3 Å². The minimum absolute atomic E-state index is 0.134. The third-order valence-electron chi connectivity index (χ3n) is 3.80. The molecule has 0 spiro atoms. The maximum atomic E-state index is 12.0. The predicted molar refractivity (Wildman–Crippen MR) is 96.7 cm³/mol. The van der Waals surface area contributed by atoms with E-state index in [4.69, 9.17) is 0 Å². The van der Waals surface area contributed by atoms with Crippen LogP contribution in [0.1, 0.15) is 17.5 Å². The van der Waals surface area contributed by atoms with Gasteiger partial charge in [-0.2, -0.15) is 0 Å². The van der Waals surface area contributed by atoms with Crippen molar-refractivity contribution >= 4 is 27.8 Å². The van der Waals surface area contributed by atoms with E-state index in [1.807, 2.05) is 54.6 Å². The molecule has 0 aromatic heterocycles. The Morgan fingerprint density at radius 2 is 1.71 bits per heavy atom. The number of carbonyl (C=O) groups excluding carboxylic acids is 1. The molecule has 1 unspecified atom stereocenters. The van der Waals surface area contributed by atoms with Gasteiger partial charge in [0, 0.05) is 17.4 Å². The van der Waals surface area contributed by atoms with Crippen LogP contribution in [0.4, 0.5) is 0 Å². The molecule has 1 amide bonds. The number of carboxylic acid groups (broad SMARTS) is 1. The van der Waals surface area contributed by atoms with E-state index in [1.54, 1.807) is 0 Å². The van der Waals surface area contributed by atoms with Gasteiger partial charge in [0.2, 0.25) is 5.91 Å². The molecule has 4 nitrogen and oxygen atoms in total. The zero-order valence-electron chi connectivity index (χ0n) is 13.2. The maximum Gasteiger partial charge on any atom is 0.308 e. The molecular weight excluding hydrogens is 370 g/mol. The average Bonchev–Trinajstić information content (AvgIpc) is 2.58. The zero-order chi connectivity index (χ0) is 17.4. The molecule has 126 valence electrons. The van der Waals surface area contributed by atoms with Gasteiger partial charge in [-0.25, -0.2) is 0 Å². The van der Waals surface area contributed by atoms with Crippen LogP contribution in [-0.4, -0.2) is 23.5 Å². The summed E-state index contributed by atoms with van der Waals surface area (Å²) in [4.78, 5) is 23.4. The SMILES string of the molecule is O=C(CCc1ccccc1Br)NCC(Cc1ccccc1)C(=O)O. The lowest BCUT2D eigenvalue weighted by atomic mass is 9.99. The molecule has 0 radical (unpaired) electrons. The van der Waals surface area contributed by atoms with Gasteiger partial charge in [-0.05, 0) is 30.0 Å². The molecule has 2 rings (SSSR count). The molecule has 1 atom stereocenters. The van der Waals surface area contributed by atoms with Crippen molar-refractivity contribution in [1.82, 2.24) is 5.32 Å². The summed E-state index contributed by atoms with van der Waals surface area (Å²) in [5, 5.41) is 12.1. The zero-order valence-corrected chi connectivity index (χ0v) is 14.8. The summed E-state index contributed by atoms with van der Waals surface area (Å²) < 4.78 is 0.977. The molecular formula is C19H20BrNO3. The molecule has 0 aliphatic rings. The second kappa shape index (κ2) is 9.23. The van der Waals surface area contributed by atoms with Gasteiger partial charge in [0.05, 0.1) is 5.92 Å². The van der Waals surface area contributed by atoms with Crippen LogP contribution < -0.4 is 5.32 Å². The van der Waals surface area contributed by atoms with E-state index in [0.29, 0.717) is 19.3 Å². The molecule has 0 bridgehead atoms. The van der Waals surface area contributed by atoms with Gasteiger partial charge in [-0.15, -0.1) is 0 Å². The van der Waals surface area contributed by atoms with E-state index in [-0.39, 0.29) is 12.5 Å². The predicted octanol–water partition coefficient (Wildman–Crippen LogP) is 3.44. The van der Waals surface area contributed by atoms with E-state index in [0.717, 1.165) is 15.6 Å². The molecule has 0 saturated carbocycles. The van der Waals surface area contributed by atoms with E-state index in [9.17, 15) is 14.7 Å². The summed E-state index contributed by atoms with van der Waals surface area (Å²) in [5.41, 5.74) is 2.01. The molecule has 2 N–H and O–H groups in total. The molecule has 24 heavy (non-hydrogen) atoms. The van der Waals surface area contributed by atoms with Crippen LogP contribution >= 0.6 is 15.9 Å². The first-order chi connectivity index (χ1) is 11.6. The van der Waals surface area contributed by atoms with E-state index < -0.39 is 11.9 Å². The number of hydrogen-bond acceptors (Lipinski definition) is 2. The number of nitrogens with one attached hydrogen (secondary N) is 1. The topological polar surface area (TPSA) is 66.4 Å². The Bertz CT molecular complexity index is 688. The van der Waals surface area contributed by atoms with Gasteiger partial charge < -0.3 is 10.4 Å². The number of aliphatic carboxylic acids is 1. The van der Waals surface area contributed by atoms with Crippen molar-refractivity contribution in [3.8, 4) is 0 Å². The van der Waals surface area contributed by atoms with Crippen molar-refractivity contribution in [3.05, 3.63) is 70.2 Å². The number of benzene rings is 2. The van der Waals surface area contributed by atoms with E-state index in [1.165, 1.54) is 0 Å². The van der Waals surface area contributed by atoms with Crippen molar-refractivity contribution in [2.75, 3.05) is 6.54 Å². The molecule has 0 fully saturated rings. The third-order valence-corrected chi connectivity index (χ3v) is 4.57. The van der Waals surface area contributed by atoms with E-state index >= 15 is 0 Å². The van der Waals surface area contributed by atoms with Crippen molar-refractivity contribution in [2.24, 2.45) is 5.92 Å². The van der Waals surface area contributed by atoms with Crippen LogP contribution in [0.2, 0.25) is 0 Å². The lowest BCUT2D eigenvalue weighted by Gasteiger charge is -2.14. The highest BCUT2D eigenvalue weighted by Crippen LogP contribution is 2.17. The summed E-state index contributed by atoms with van der Waals surface area (Å²) in [7, 11) is 0. The normalized spacial score (nSPS) is 11.7. The second-order valence-corrected chi connectivity index (χ2v) is 6.47. The highest BCUT2D eigenvalue weighted by atomic mass is 79.9. The monoisotopic (exact) mass is 389 g/mol. The number of carboxylic acids is 1. The van der Waals surface area contributed by atoms with Crippen LogP contribution in [0.25, 0.3) is 0 Å². The van der Waals surface area contributed by atoms with Crippen molar-refractivity contribution in [3.63, 3.8) is 0 Å².